The molecule has 0 bridgehead atoms. The van der Waals surface area contributed by atoms with Gasteiger partial charge in [0.15, 0.2) is 0 Å². The molecule has 4 heteroatoms. The van der Waals surface area contributed by atoms with Gasteiger partial charge in [-0.3, -0.25) is 0 Å². The van der Waals surface area contributed by atoms with E-state index < -0.39 is 0 Å². The minimum atomic E-state index is 0.342. The maximum Gasteiger partial charge on any atom is 0.148 e. The fourth-order valence-electron chi connectivity index (χ4n) is 1.84. The molecule has 3 nitrogen and oxygen atoms in total. The number of anilines is 1. The summed E-state index contributed by atoms with van der Waals surface area (Å²) in [6.45, 7) is 5.23. The van der Waals surface area contributed by atoms with Gasteiger partial charge in [0, 0.05) is 18.8 Å². The van der Waals surface area contributed by atoms with E-state index in [9.17, 15) is 0 Å². The van der Waals surface area contributed by atoms with E-state index >= 15 is 0 Å². The van der Waals surface area contributed by atoms with Gasteiger partial charge in [0.2, 0.25) is 0 Å². The highest BCUT2D eigenvalue weighted by Gasteiger charge is 2.27. The number of nitrogens with zero attached hydrogens (tertiary/aromatic N) is 3. The SMILES string of the molecule is CC(C)N(CC1CC1)c1nccc(C#N)c1Cl. The van der Waals surface area contributed by atoms with Crippen LogP contribution in [0.2, 0.25) is 5.02 Å². The molecule has 0 spiro atoms. The lowest BCUT2D eigenvalue weighted by Crippen LogP contribution is -2.33. The zero-order chi connectivity index (χ0) is 12.4. The lowest BCUT2D eigenvalue weighted by molar-refractivity contribution is 0.637. The van der Waals surface area contributed by atoms with E-state index in [-0.39, 0.29) is 0 Å². The number of hydrogen-bond donors (Lipinski definition) is 0. The van der Waals surface area contributed by atoms with Crippen LogP contribution in [0, 0.1) is 17.2 Å². The summed E-state index contributed by atoms with van der Waals surface area (Å²) >= 11 is 6.22. The molecule has 1 saturated carbocycles. The highest BCUT2D eigenvalue weighted by molar-refractivity contribution is 6.34. The lowest BCUT2D eigenvalue weighted by atomic mass is 10.2. The molecule has 1 heterocycles. The minimum absolute atomic E-state index is 0.342. The second kappa shape index (κ2) is 4.93. The summed E-state index contributed by atoms with van der Waals surface area (Å²) in [5.41, 5.74) is 0.498. The van der Waals surface area contributed by atoms with Crippen LogP contribution in [0.4, 0.5) is 5.82 Å². The van der Waals surface area contributed by atoms with Gasteiger partial charge in [0.05, 0.1) is 5.56 Å². The van der Waals surface area contributed by atoms with Crippen molar-refractivity contribution in [1.29, 1.82) is 5.26 Å². The number of hydrogen-bond acceptors (Lipinski definition) is 3. The van der Waals surface area contributed by atoms with Gasteiger partial charge in [-0.25, -0.2) is 4.98 Å². The third-order valence-electron chi connectivity index (χ3n) is 3.04. The van der Waals surface area contributed by atoms with Gasteiger partial charge in [-0.15, -0.1) is 0 Å². The molecule has 0 aliphatic heterocycles. The Kier molecular flexibility index (Phi) is 3.54. The van der Waals surface area contributed by atoms with Crippen molar-refractivity contribution in [2.75, 3.05) is 11.4 Å². The Morgan fingerprint density at radius 2 is 2.29 bits per heavy atom. The van der Waals surface area contributed by atoms with Crippen LogP contribution in [0.1, 0.15) is 32.3 Å². The molecule has 0 unspecified atom stereocenters. The fraction of sp³-hybridized carbons (Fsp3) is 0.538. The Morgan fingerprint density at radius 1 is 1.59 bits per heavy atom. The van der Waals surface area contributed by atoms with Crippen LogP contribution in [-0.4, -0.2) is 17.6 Å². The first-order valence-electron chi connectivity index (χ1n) is 5.94. The Labute approximate surface area is 107 Å². The highest BCUT2D eigenvalue weighted by Crippen LogP contribution is 2.34. The van der Waals surface area contributed by atoms with Crippen LogP contribution in [-0.2, 0) is 0 Å². The molecule has 1 aromatic heterocycles. The third kappa shape index (κ3) is 2.70. The van der Waals surface area contributed by atoms with E-state index in [0.29, 0.717) is 16.6 Å². The molecule has 90 valence electrons. The van der Waals surface area contributed by atoms with Gasteiger partial charge in [-0.1, -0.05) is 11.6 Å². The number of halogens is 1. The van der Waals surface area contributed by atoms with Crippen LogP contribution in [0.25, 0.3) is 0 Å². The smallest absolute Gasteiger partial charge is 0.148 e. The zero-order valence-electron chi connectivity index (χ0n) is 10.2. The average molecular weight is 250 g/mol. The molecule has 0 N–H and O–H groups in total. The maximum absolute atomic E-state index is 8.98. The van der Waals surface area contributed by atoms with Gasteiger partial charge in [0.25, 0.3) is 0 Å². The zero-order valence-corrected chi connectivity index (χ0v) is 10.9. The molecule has 2 rings (SSSR count). The molecule has 1 fully saturated rings. The first kappa shape index (κ1) is 12.2. The molecule has 0 radical (unpaired) electrons. The first-order valence-corrected chi connectivity index (χ1v) is 6.32. The molecule has 1 aliphatic rings. The predicted molar refractivity (Wildman–Crippen MR) is 69.2 cm³/mol. The number of rotatable bonds is 4. The van der Waals surface area contributed by atoms with E-state index in [4.69, 9.17) is 16.9 Å². The largest absolute Gasteiger partial charge is 0.353 e. The van der Waals surface area contributed by atoms with Gasteiger partial charge in [-0.05, 0) is 38.7 Å². The van der Waals surface area contributed by atoms with Crippen LogP contribution in [0.5, 0.6) is 0 Å². The van der Waals surface area contributed by atoms with Gasteiger partial charge < -0.3 is 4.90 Å². The number of nitriles is 1. The van der Waals surface area contributed by atoms with Gasteiger partial charge in [0.1, 0.15) is 16.9 Å². The molecule has 0 aromatic carbocycles. The topological polar surface area (TPSA) is 39.9 Å². The molecular weight excluding hydrogens is 234 g/mol. The second-order valence-corrected chi connectivity index (χ2v) is 5.18. The third-order valence-corrected chi connectivity index (χ3v) is 3.41. The standard InChI is InChI=1S/C13H16ClN3/c1-9(2)17(8-10-3-4-10)13-12(14)11(7-15)5-6-16-13/h5-6,9-10H,3-4,8H2,1-2H3. The predicted octanol–water partition coefficient (Wildman–Crippen LogP) is 3.23. The summed E-state index contributed by atoms with van der Waals surface area (Å²) in [6, 6.07) is 4.10. The van der Waals surface area contributed by atoms with Crippen molar-refractivity contribution in [3.05, 3.63) is 22.8 Å². The molecule has 17 heavy (non-hydrogen) atoms. The lowest BCUT2D eigenvalue weighted by Gasteiger charge is -2.28. The number of pyridine rings is 1. The van der Waals surface area contributed by atoms with Crippen molar-refractivity contribution < 1.29 is 0 Å². The normalized spacial score (nSPS) is 14.8. The molecule has 1 aliphatic carbocycles. The first-order chi connectivity index (χ1) is 8.13. The highest BCUT2D eigenvalue weighted by atomic mass is 35.5. The molecule has 0 amide bonds. The Balaban J connectivity index is 2.31. The quantitative estimate of drug-likeness (QED) is 0.823. The molecule has 0 atom stereocenters. The van der Waals surface area contributed by atoms with Crippen molar-refractivity contribution in [2.24, 2.45) is 5.92 Å². The number of aromatic nitrogens is 1. The van der Waals surface area contributed by atoms with Crippen molar-refractivity contribution in [3.63, 3.8) is 0 Å². The summed E-state index contributed by atoms with van der Waals surface area (Å²) in [7, 11) is 0. The monoisotopic (exact) mass is 249 g/mol. The summed E-state index contributed by atoms with van der Waals surface area (Å²) in [4.78, 5) is 6.53. The maximum atomic E-state index is 8.98. The van der Waals surface area contributed by atoms with Gasteiger partial charge >= 0.3 is 0 Å². The molecule has 0 saturated heterocycles. The Hall–Kier alpha value is -1.27. The van der Waals surface area contributed by atoms with Crippen molar-refractivity contribution in [1.82, 2.24) is 4.98 Å². The van der Waals surface area contributed by atoms with Crippen LogP contribution < -0.4 is 4.90 Å². The molecular formula is C13H16ClN3. The van der Waals surface area contributed by atoms with E-state index in [1.807, 2.05) is 0 Å². The Morgan fingerprint density at radius 3 is 2.82 bits per heavy atom. The minimum Gasteiger partial charge on any atom is -0.353 e. The summed E-state index contributed by atoms with van der Waals surface area (Å²) in [6.07, 6.45) is 4.24. The van der Waals surface area contributed by atoms with Crippen LogP contribution in [0.15, 0.2) is 12.3 Å². The van der Waals surface area contributed by atoms with Crippen molar-refractivity contribution >= 4 is 17.4 Å². The van der Waals surface area contributed by atoms with Crippen LogP contribution >= 0.6 is 11.6 Å². The fourth-order valence-corrected chi connectivity index (χ4v) is 2.10. The van der Waals surface area contributed by atoms with E-state index in [1.54, 1.807) is 12.3 Å². The van der Waals surface area contributed by atoms with Gasteiger partial charge in [-0.2, -0.15) is 5.26 Å². The van der Waals surface area contributed by atoms with Crippen LogP contribution in [0.3, 0.4) is 0 Å². The Bertz CT molecular complexity index is 446. The van der Waals surface area contributed by atoms with E-state index in [1.165, 1.54) is 12.8 Å². The molecule has 1 aromatic rings. The summed E-state index contributed by atoms with van der Waals surface area (Å²) in [5.74, 6) is 1.51. The average Bonchev–Trinajstić information content (AvgIpc) is 3.10. The van der Waals surface area contributed by atoms with E-state index in [2.05, 4.69) is 29.8 Å². The second-order valence-electron chi connectivity index (χ2n) is 4.80. The van der Waals surface area contributed by atoms with Crippen molar-refractivity contribution in [3.8, 4) is 6.07 Å². The van der Waals surface area contributed by atoms with Crippen molar-refractivity contribution in [2.45, 2.75) is 32.7 Å². The summed E-state index contributed by atoms with van der Waals surface area (Å²) in [5, 5.41) is 9.45. The summed E-state index contributed by atoms with van der Waals surface area (Å²) < 4.78 is 0. The van der Waals surface area contributed by atoms with E-state index in [0.717, 1.165) is 18.3 Å².